The molecule has 4 heteroatoms. The predicted octanol–water partition coefficient (Wildman–Crippen LogP) is 0.839. The molecule has 0 fully saturated rings. The van der Waals surface area contributed by atoms with Crippen LogP contribution in [0.3, 0.4) is 0 Å². The molecule has 68 valence electrons. The van der Waals surface area contributed by atoms with Crippen molar-refractivity contribution in [3.63, 3.8) is 0 Å². The van der Waals surface area contributed by atoms with Crippen molar-refractivity contribution < 1.29 is 0 Å². The van der Waals surface area contributed by atoms with Gasteiger partial charge in [0.1, 0.15) is 12.7 Å². The van der Waals surface area contributed by atoms with Crippen molar-refractivity contribution in [2.75, 3.05) is 13.1 Å². The van der Waals surface area contributed by atoms with Crippen molar-refractivity contribution in [1.82, 2.24) is 20.1 Å². The Balaban J connectivity index is 2.25. The maximum absolute atomic E-state index is 4.07. The highest BCUT2D eigenvalue weighted by molar-refractivity contribution is 4.65. The fourth-order valence-electron chi connectivity index (χ4n) is 1.06. The van der Waals surface area contributed by atoms with Crippen LogP contribution in [0.5, 0.6) is 0 Å². The molecule has 0 saturated carbocycles. The van der Waals surface area contributed by atoms with E-state index in [0.717, 1.165) is 19.5 Å². The minimum absolute atomic E-state index is 0.437. The molecule has 1 rings (SSSR count). The van der Waals surface area contributed by atoms with Gasteiger partial charge in [0.2, 0.25) is 0 Å². The zero-order valence-corrected chi connectivity index (χ0v) is 7.70. The van der Waals surface area contributed by atoms with Crippen LogP contribution < -0.4 is 5.32 Å². The van der Waals surface area contributed by atoms with E-state index in [0.29, 0.717) is 6.04 Å². The molecule has 1 aromatic heterocycles. The molecule has 0 amide bonds. The Kier molecular flexibility index (Phi) is 3.73. The van der Waals surface area contributed by atoms with E-state index in [1.165, 1.54) is 0 Å². The van der Waals surface area contributed by atoms with Gasteiger partial charge in [-0.05, 0) is 26.4 Å². The van der Waals surface area contributed by atoms with Crippen LogP contribution in [-0.2, 0) is 0 Å². The molecule has 12 heavy (non-hydrogen) atoms. The number of nitrogens with one attached hydrogen (secondary N) is 1. The van der Waals surface area contributed by atoms with Gasteiger partial charge in [0.05, 0.1) is 6.04 Å². The molecule has 0 aliphatic carbocycles. The minimum Gasteiger partial charge on any atom is -0.317 e. The second kappa shape index (κ2) is 4.87. The van der Waals surface area contributed by atoms with Gasteiger partial charge in [-0.3, -0.25) is 4.68 Å². The number of hydrogen-bond donors (Lipinski definition) is 1. The third kappa shape index (κ3) is 2.62. The van der Waals surface area contributed by atoms with Crippen LogP contribution in [0.2, 0.25) is 0 Å². The van der Waals surface area contributed by atoms with Crippen LogP contribution in [0.25, 0.3) is 0 Å². The minimum atomic E-state index is 0.437. The Bertz CT molecular complexity index is 195. The summed E-state index contributed by atoms with van der Waals surface area (Å²) >= 11 is 0. The van der Waals surface area contributed by atoms with E-state index in [9.17, 15) is 0 Å². The SMILES string of the molecule is CCNCCC(C)n1cncn1. The van der Waals surface area contributed by atoms with Crippen LogP contribution in [0.4, 0.5) is 0 Å². The van der Waals surface area contributed by atoms with E-state index in [4.69, 9.17) is 0 Å². The van der Waals surface area contributed by atoms with Crippen molar-refractivity contribution >= 4 is 0 Å². The Morgan fingerprint density at radius 3 is 3.00 bits per heavy atom. The largest absolute Gasteiger partial charge is 0.317 e. The maximum atomic E-state index is 4.07. The molecular formula is C8H16N4. The van der Waals surface area contributed by atoms with Crippen molar-refractivity contribution in [1.29, 1.82) is 0 Å². The maximum Gasteiger partial charge on any atom is 0.137 e. The summed E-state index contributed by atoms with van der Waals surface area (Å²) in [7, 11) is 0. The van der Waals surface area contributed by atoms with Gasteiger partial charge in [0.15, 0.2) is 0 Å². The van der Waals surface area contributed by atoms with Crippen molar-refractivity contribution in [2.24, 2.45) is 0 Å². The number of aromatic nitrogens is 3. The number of hydrogen-bond acceptors (Lipinski definition) is 3. The van der Waals surface area contributed by atoms with Gasteiger partial charge >= 0.3 is 0 Å². The monoisotopic (exact) mass is 168 g/mol. The summed E-state index contributed by atoms with van der Waals surface area (Å²) in [4.78, 5) is 3.90. The Labute approximate surface area is 73.0 Å². The molecule has 1 atom stereocenters. The third-order valence-electron chi connectivity index (χ3n) is 1.88. The molecule has 1 unspecified atom stereocenters. The van der Waals surface area contributed by atoms with E-state index in [1.807, 2.05) is 4.68 Å². The first-order valence-corrected chi connectivity index (χ1v) is 4.39. The molecule has 1 aromatic rings. The van der Waals surface area contributed by atoms with Crippen LogP contribution in [0.1, 0.15) is 26.3 Å². The Hall–Kier alpha value is -0.900. The summed E-state index contributed by atoms with van der Waals surface area (Å²) in [5.41, 5.74) is 0. The van der Waals surface area contributed by atoms with E-state index in [-0.39, 0.29) is 0 Å². The number of rotatable bonds is 5. The molecule has 1 N–H and O–H groups in total. The van der Waals surface area contributed by atoms with Crippen LogP contribution >= 0.6 is 0 Å². The van der Waals surface area contributed by atoms with Gasteiger partial charge in [-0.2, -0.15) is 5.10 Å². The van der Waals surface area contributed by atoms with Crippen LogP contribution in [-0.4, -0.2) is 27.9 Å². The van der Waals surface area contributed by atoms with Crippen molar-refractivity contribution in [3.05, 3.63) is 12.7 Å². The first-order valence-electron chi connectivity index (χ1n) is 4.39. The average molecular weight is 168 g/mol. The molecule has 0 aromatic carbocycles. The quantitative estimate of drug-likeness (QED) is 0.662. The summed E-state index contributed by atoms with van der Waals surface area (Å²) in [6.07, 6.45) is 4.43. The molecule has 0 aliphatic heterocycles. The highest BCUT2D eigenvalue weighted by Crippen LogP contribution is 2.05. The lowest BCUT2D eigenvalue weighted by molar-refractivity contribution is 0.446. The summed E-state index contributed by atoms with van der Waals surface area (Å²) < 4.78 is 1.89. The molecule has 0 aliphatic rings. The molecule has 0 radical (unpaired) electrons. The third-order valence-corrected chi connectivity index (χ3v) is 1.88. The van der Waals surface area contributed by atoms with Gasteiger partial charge in [-0.1, -0.05) is 6.92 Å². The Morgan fingerprint density at radius 1 is 1.58 bits per heavy atom. The van der Waals surface area contributed by atoms with Gasteiger partial charge in [0.25, 0.3) is 0 Å². The van der Waals surface area contributed by atoms with E-state index in [1.54, 1.807) is 12.7 Å². The highest BCUT2D eigenvalue weighted by atomic mass is 15.3. The average Bonchev–Trinajstić information content (AvgIpc) is 2.56. The molecule has 0 saturated heterocycles. The second-order valence-corrected chi connectivity index (χ2v) is 2.87. The van der Waals surface area contributed by atoms with Crippen LogP contribution in [0.15, 0.2) is 12.7 Å². The second-order valence-electron chi connectivity index (χ2n) is 2.87. The molecule has 0 bridgehead atoms. The lowest BCUT2D eigenvalue weighted by Crippen LogP contribution is -2.18. The summed E-state index contributed by atoms with van der Waals surface area (Å²) in [6, 6.07) is 0.437. The predicted molar refractivity (Wildman–Crippen MR) is 47.9 cm³/mol. The van der Waals surface area contributed by atoms with Gasteiger partial charge in [-0.25, -0.2) is 4.98 Å². The Morgan fingerprint density at radius 2 is 2.42 bits per heavy atom. The van der Waals surface area contributed by atoms with Gasteiger partial charge in [-0.15, -0.1) is 0 Å². The molecule has 4 nitrogen and oxygen atoms in total. The lowest BCUT2D eigenvalue weighted by Gasteiger charge is -2.10. The van der Waals surface area contributed by atoms with Crippen molar-refractivity contribution in [3.8, 4) is 0 Å². The molecule has 1 heterocycles. The smallest absolute Gasteiger partial charge is 0.137 e. The first-order chi connectivity index (χ1) is 5.84. The first kappa shape index (κ1) is 9.19. The van der Waals surface area contributed by atoms with Crippen LogP contribution in [0, 0.1) is 0 Å². The standard InChI is InChI=1S/C8H16N4/c1-3-9-5-4-8(2)12-7-10-6-11-12/h6-9H,3-5H2,1-2H3. The van der Waals surface area contributed by atoms with Crippen molar-refractivity contribution in [2.45, 2.75) is 26.3 Å². The molecule has 0 spiro atoms. The zero-order valence-electron chi connectivity index (χ0n) is 7.70. The van der Waals surface area contributed by atoms with E-state index in [2.05, 4.69) is 29.2 Å². The molecular weight excluding hydrogens is 152 g/mol. The normalized spacial score (nSPS) is 13.2. The summed E-state index contributed by atoms with van der Waals surface area (Å²) in [6.45, 7) is 6.33. The zero-order chi connectivity index (χ0) is 8.81. The number of nitrogens with zero attached hydrogens (tertiary/aromatic N) is 3. The fraction of sp³-hybridized carbons (Fsp3) is 0.750. The highest BCUT2D eigenvalue weighted by Gasteiger charge is 2.02. The van der Waals surface area contributed by atoms with Gasteiger partial charge < -0.3 is 5.32 Å². The lowest BCUT2D eigenvalue weighted by atomic mass is 10.2. The van der Waals surface area contributed by atoms with Gasteiger partial charge in [0, 0.05) is 0 Å². The fourth-order valence-corrected chi connectivity index (χ4v) is 1.06. The van der Waals surface area contributed by atoms with E-state index < -0.39 is 0 Å². The summed E-state index contributed by atoms with van der Waals surface area (Å²) in [5.74, 6) is 0. The summed E-state index contributed by atoms with van der Waals surface area (Å²) in [5, 5.41) is 7.35. The topological polar surface area (TPSA) is 42.7 Å². The van der Waals surface area contributed by atoms with E-state index >= 15 is 0 Å².